The van der Waals surface area contributed by atoms with Crippen molar-refractivity contribution in [2.45, 2.75) is 13.5 Å². The number of H-pyrrole nitrogens is 1. The highest BCUT2D eigenvalue weighted by Gasteiger charge is 2.07. The Balaban J connectivity index is 2.16. The van der Waals surface area contributed by atoms with Crippen LogP contribution >= 0.6 is 0 Å². The van der Waals surface area contributed by atoms with Crippen molar-refractivity contribution < 1.29 is 0 Å². The normalized spacial score (nSPS) is 11.0. The molecule has 3 rings (SSSR count). The van der Waals surface area contributed by atoms with Crippen LogP contribution in [-0.4, -0.2) is 15.2 Å². The summed E-state index contributed by atoms with van der Waals surface area (Å²) in [5.74, 6) is 0. The fourth-order valence-electron chi connectivity index (χ4n) is 2.10. The van der Waals surface area contributed by atoms with E-state index >= 15 is 0 Å². The summed E-state index contributed by atoms with van der Waals surface area (Å²) in [6, 6.07) is 10.3. The highest BCUT2D eigenvalue weighted by Crippen LogP contribution is 2.24. The summed E-state index contributed by atoms with van der Waals surface area (Å²) in [5.41, 5.74) is 10.8. The van der Waals surface area contributed by atoms with Crippen LogP contribution in [0.2, 0.25) is 0 Å². The maximum Gasteiger partial charge on any atom is 0.109 e. The molecule has 0 aliphatic heterocycles. The average Bonchev–Trinajstić information content (AvgIpc) is 2.84. The van der Waals surface area contributed by atoms with E-state index in [1.807, 2.05) is 6.07 Å². The molecule has 0 aliphatic carbocycles. The van der Waals surface area contributed by atoms with Gasteiger partial charge in [0.05, 0.1) is 11.9 Å². The lowest BCUT2D eigenvalue weighted by Crippen LogP contribution is -1.99. The van der Waals surface area contributed by atoms with Crippen molar-refractivity contribution in [2.24, 2.45) is 5.73 Å². The molecule has 0 unspecified atom stereocenters. The first-order valence-electron chi connectivity index (χ1n) is 5.88. The largest absolute Gasteiger partial charge is 0.353 e. The summed E-state index contributed by atoms with van der Waals surface area (Å²) in [6.07, 6.45) is 1.69. The monoisotopic (exact) mass is 238 g/mol. The second-order valence-corrected chi connectivity index (χ2v) is 4.38. The lowest BCUT2D eigenvalue weighted by molar-refractivity contribution is 0.968. The molecule has 0 bridgehead atoms. The molecule has 90 valence electrons. The molecule has 0 atom stereocenters. The lowest BCUT2D eigenvalue weighted by Gasteiger charge is -1.99. The molecule has 0 saturated carbocycles. The van der Waals surface area contributed by atoms with Gasteiger partial charge in [-0.3, -0.25) is 0 Å². The topological polar surface area (TPSA) is 67.6 Å². The summed E-state index contributed by atoms with van der Waals surface area (Å²) in [7, 11) is 0. The highest BCUT2D eigenvalue weighted by atomic mass is 15.1. The first-order valence-corrected chi connectivity index (χ1v) is 5.88. The minimum absolute atomic E-state index is 0.474. The van der Waals surface area contributed by atoms with Gasteiger partial charge in [-0.25, -0.2) is 0 Å². The third-order valence-corrected chi connectivity index (χ3v) is 3.09. The molecule has 0 radical (unpaired) electrons. The zero-order valence-electron chi connectivity index (χ0n) is 10.1. The molecule has 0 aliphatic rings. The van der Waals surface area contributed by atoms with Crippen LogP contribution in [-0.2, 0) is 6.54 Å². The first-order chi connectivity index (χ1) is 8.78. The standard InChI is InChI=1S/C14H14N4/c1-9-3-2-4-11-6-12(17-14(9)11)13-5-10(7-15)8-16-18-13/h2-6,8,17H,7,15H2,1H3. The van der Waals surface area contributed by atoms with Crippen molar-refractivity contribution in [1.29, 1.82) is 0 Å². The maximum atomic E-state index is 5.62. The van der Waals surface area contributed by atoms with Gasteiger partial charge in [-0.2, -0.15) is 5.10 Å². The van der Waals surface area contributed by atoms with E-state index < -0.39 is 0 Å². The van der Waals surface area contributed by atoms with Crippen LogP contribution in [0.1, 0.15) is 11.1 Å². The number of para-hydroxylation sites is 1. The fraction of sp³-hybridized carbons (Fsp3) is 0.143. The van der Waals surface area contributed by atoms with Gasteiger partial charge >= 0.3 is 0 Å². The van der Waals surface area contributed by atoms with E-state index in [9.17, 15) is 0 Å². The van der Waals surface area contributed by atoms with E-state index in [2.05, 4.69) is 46.4 Å². The van der Waals surface area contributed by atoms with E-state index in [4.69, 9.17) is 5.73 Å². The van der Waals surface area contributed by atoms with Crippen LogP contribution in [0.5, 0.6) is 0 Å². The van der Waals surface area contributed by atoms with Crippen LogP contribution in [0.4, 0.5) is 0 Å². The Morgan fingerprint density at radius 1 is 1.28 bits per heavy atom. The summed E-state index contributed by atoms with van der Waals surface area (Å²) >= 11 is 0. The van der Waals surface area contributed by atoms with Crippen LogP contribution in [0.3, 0.4) is 0 Å². The summed E-state index contributed by atoms with van der Waals surface area (Å²) < 4.78 is 0. The zero-order chi connectivity index (χ0) is 12.5. The van der Waals surface area contributed by atoms with Crippen molar-refractivity contribution in [3.05, 3.63) is 47.7 Å². The first kappa shape index (κ1) is 10.9. The van der Waals surface area contributed by atoms with Gasteiger partial charge in [-0.15, -0.1) is 5.10 Å². The Morgan fingerprint density at radius 2 is 2.17 bits per heavy atom. The highest BCUT2D eigenvalue weighted by molar-refractivity contribution is 5.87. The SMILES string of the molecule is Cc1cccc2cc(-c3cc(CN)cnn3)[nH]c12. The Morgan fingerprint density at radius 3 is 2.94 bits per heavy atom. The maximum absolute atomic E-state index is 5.62. The third-order valence-electron chi connectivity index (χ3n) is 3.09. The number of hydrogen-bond donors (Lipinski definition) is 2. The average molecular weight is 238 g/mol. The smallest absolute Gasteiger partial charge is 0.109 e. The number of aryl methyl sites for hydroxylation is 1. The van der Waals surface area contributed by atoms with Crippen molar-refractivity contribution in [3.63, 3.8) is 0 Å². The summed E-state index contributed by atoms with van der Waals surface area (Å²) in [6.45, 7) is 2.56. The number of fused-ring (bicyclic) bond motifs is 1. The van der Waals surface area contributed by atoms with E-state index in [0.29, 0.717) is 6.54 Å². The zero-order valence-corrected chi connectivity index (χ0v) is 10.1. The third kappa shape index (κ3) is 1.76. The van der Waals surface area contributed by atoms with E-state index in [0.717, 1.165) is 22.5 Å². The second kappa shape index (κ2) is 4.23. The molecular formula is C14H14N4. The number of nitrogens with zero attached hydrogens (tertiary/aromatic N) is 2. The van der Waals surface area contributed by atoms with E-state index in [1.54, 1.807) is 6.20 Å². The molecule has 4 nitrogen and oxygen atoms in total. The van der Waals surface area contributed by atoms with Crippen molar-refractivity contribution in [3.8, 4) is 11.4 Å². The minimum Gasteiger partial charge on any atom is -0.353 e. The van der Waals surface area contributed by atoms with Gasteiger partial charge in [0.2, 0.25) is 0 Å². The van der Waals surface area contributed by atoms with Gasteiger partial charge in [0, 0.05) is 17.4 Å². The Hall–Kier alpha value is -2.20. The number of nitrogens with one attached hydrogen (secondary N) is 1. The van der Waals surface area contributed by atoms with Gasteiger partial charge in [-0.05, 0) is 30.2 Å². The van der Waals surface area contributed by atoms with Gasteiger partial charge < -0.3 is 10.7 Å². The van der Waals surface area contributed by atoms with Crippen LogP contribution in [0.15, 0.2) is 36.5 Å². The van der Waals surface area contributed by atoms with Gasteiger partial charge in [0.1, 0.15) is 5.69 Å². The van der Waals surface area contributed by atoms with Crippen molar-refractivity contribution in [2.75, 3.05) is 0 Å². The summed E-state index contributed by atoms with van der Waals surface area (Å²) in [5, 5.41) is 9.31. The molecule has 1 aromatic carbocycles. The van der Waals surface area contributed by atoms with Crippen LogP contribution < -0.4 is 5.73 Å². The van der Waals surface area contributed by atoms with Crippen molar-refractivity contribution in [1.82, 2.24) is 15.2 Å². The van der Waals surface area contributed by atoms with Crippen LogP contribution in [0, 0.1) is 6.92 Å². The van der Waals surface area contributed by atoms with Gasteiger partial charge in [-0.1, -0.05) is 18.2 Å². The molecule has 2 aromatic heterocycles. The fourth-order valence-corrected chi connectivity index (χ4v) is 2.10. The predicted molar refractivity (Wildman–Crippen MR) is 72.0 cm³/mol. The molecule has 0 fully saturated rings. The number of nitrogens with two attached hydrogens (primary N) is 1. The van der Waals surface area contributed by atoms with Crippen molar-refractivity contribution >= 4 is 10.9 Å². The molecule has 4 heteroatoms. The second-order valence-electron chi connectivity index (χ2n) is 4.38. The molecule has 2 heterocycles. The molecule has 0 saturated heterocycles. The van der Waals surface area contributed by atoms with Gasteiger partial charge in [0.25, 0.3) is 0 Å². The summed E-state index contributed by atoms with van der Waals surface area (Å²) in [4.78, 5) is 3.39. The number of rotatable bonds is 2. The molecular weight excluding hydrogens is 224 g/mol. The quantitative estimate of drug-likeness (QED) is 0.720. The van der Waals surface area contributed by atoms with Gasteiger partial charge in [0.15, 0.2) is 0 Å². The Kier molecular flexibility index (Phi) is 2.57. The predicted octanol–water partition coefficient (Wildman–Crippen LogP) is 2.39. The Bertz CT molecular complexity index is 700. The molecule has 3 N–H and O–H groups in total. The minimum atomic E-state index is 0.474. The number of hydrogen-bond acceptors (Lipinski definition) is 3. The molecule has 3 aromatic rings. The van der Waals surface area contributed by atoms with E-state index in [-0.39, 0.29) is 0 Å². The van der Waals surface area contributed by atoms with E-state index in [1.165, 1.54) is 10.9 Å². The Labute approximate surface area is 105 Å². The lowest BCUT2D eigenvalue weighted by atomic mass is 10.1. The molecule has 0 amide bonds. The van der Waals surface area contributed by atoms with Crippen LogP contribution in [0.25, 0.3) is 22.3 Å². The molecule has 0 spiro atoms. The number of aromatic nitrogens is 3. The molecule has 18 heavy (non-hydrogen) atoms. The number of benzene rings is 1. The number of aromatic amines is 1.